The van der Waals surface area contributed by atoms with Crippen LogP contribution in [0, 0.1) is 12.7 Å². The van der Waals surface area contributed by atoms with Crippen LogP contribution < -0.4 is 5.43 Å². The SMILES string of the molecule is Cc1cc(N=C2CCN(Nc3ccc(S(=O)(=O)N4CCC(O)(CN5CC[C@H](F)C5)CC4)cc3)C=N2)ccc1F. The highest BCUT2D eigenvalue weighted by atomic mass is 32.2. The molecular weight excluding hydrogens is 526 g/mol. The maximum atomic E-state index is 13.5. The van der Waals surface area contributed by atoms with Crippen molar-refractivity contribution in [1.82, 2.24) is 14.2 Å². The monoisotopic (exact) mass is 560 g/mol. The first-order chi connectivity index (χ1) is 18.6. The third kappa shape index (κ3) is 6.63. The summed E-state index contributed by atoms with van der Waals surface area (Å²) in [4.78, 5) is 11.0. The third-order valence-electron chi connectivity index (χ3n) is 7.47. The number of aryl methyl sites for hydroxylation is 1. The highest BCUT2D eigenvalue weighted by molar-refractivity contribution is 7.89. The molecule has 0 saturated carbocycles. The lowest BCUT2D eigenvalue weighted by molar-refractivity contribution is -0.0292. The van der Waals surface area contributed by atoms with Crippen molar-refractivity contribution in [3.8, 4) is 0 Å². The maximum Gasteiger partial charge on any atom is 0.243 e. The highest BCUT2D eigenvalue weighted by Gasteiger charge is 2.39. The molecule has 0 amide bonds. The Balaban J connectivity index is 1.15. The quantitative estimate of drug-likeness (QED) is 0.538. The molecule has 0 unspecified atom stereocenters. The Bertz CT molecular complexity index is 1340. The number of sulfonamides is 1. The third-order valence-corrected chi connectivity index (χ3v) is 9.39. The topological polar surface area (TPSA) is 101 Å². The first kappa shape index (κ1) is 27.6. The summed E-state index contributed by atoms with van der Waals surface area (Å²) in [5.41, 5.74) is 4.09. The molecule has 2 fully saturated rings. The van der Waals surface area contributed by atoms with E-state index in [1.165, 1.54) is 10.4 Å². The molecule has 2 aromatic rings. The van der Waals surface area contributed by atoms with Gasteiger partial charge < -0.3 is 5.11 Å². The summed E-state index contributed by atoms with van der Waals surface area (Å²) in [6, 6.07) is 11.2. The minimum absolute atomic E-state index is 0.189. The van der Waals surface area contributed by atoms with Gasteiger partial charge in [0, 0.05) is 45.7 Å². The van der Waals surface area contributed by atoms with Crippen molar-refractivity contribution in [2.24, 2.45) is 9.98 Å². The molecule has 3 aliphatic heterocycles. The number of nitrogens with zero attached hydrogens (tertiary/aromatic N) is 5. The molecule has 3 heterocycles. The lowest BCUT2D eigenvalue weighted by atomic mass is 9.92. The fraction of sp³-hybridized carbons (Fsp3) is 0.481. The molecule has 39 heavy (non-hydrogen) atoms. The van der Waals surface area contributed by atoms with Gasteiger partial charge in [-0.2, -0.15) is 4.31 Å². The van der Waals surface area contributed by atoms with Crippen molar-refractivity contribution in [3.05, 3.63) is 53.8 Å². The number of nitrogens with one attached hydrogen (secondary N) is 1. The van der Waals surface area contributed by atoms with Gasteiger partial charge in [-0.1, -0.05) is 0 Å². The number of likely N-dealkylation sites (tertiary alicyclic amines) is 1. The first-order valence-corrected chi connectivity index (χ1v) is 14.6. The smallest absolute Gasteiger partial charge is 0.243 e. The van der Waals surface area contributed by atoms with Gasteiger partial charge >= 0.3 is 0 Å². The van der Waals surface area contributed by atoms with E-state index in [2.05, 4.69) is 15.4 Å². The van der Waals surface area contributed by atoms with Gasteiger partial charge in [0.1, 0.15) is 24.2 Å². The molecule has 0 bridgehead atoms. The molecule has 210 valence electrons. The molecule has 1 atom stereocenters. The Morgan fingerprint density at radius 1 is 1.13 bits per heavy atom. The number of hydrazine groups is 1. The molecule has 0 radical (unpaired) electrons. The molecule has 2 saturated heterocycles. The minimum atomic E-state index is -3.70. The first-order valence-electron chi connectivity index (χ1n) is 13.2. The highest BCUT2D eigenvalue weighted by Crippen LogP contribution is 2.29. The number of anilines is 1. The van der Waals surface area contributed by atoms with E-state index < -0.39 is 21.8 Å². The predicted molar refractivity (Wildman–Crippen MR) is 147 cm³/mol. The van der Waals surface area contributed by atoms with Crippen LogP contribution >= 0.6 is 0 Å². The van der Waals surface area contributed by atoms with E-state index in [0.717, 1.165) is 0 Å². The Morgan fingerprint density at radius 2 is 1.87 bits per heavy atom. The van der Waals surface area contributed by atoms with E-state index in [1.807, 2.05) is 4.90 Å². The van der Waals surface area contributed by atoms with Crippen LogP contribution in [0.4, 0.5) is 20.2 Å². The average molecular weight is 561 g/mol. The van der Waals surface area contributed by atoms with Crippen molar-refractivity contribution in [1.29, 1.82) is 0 Å². The lowest BCUT2D eigenvalue weighted by Gasteiger charge is -2.39. The molecule has 5 rings (SSSR count). The number of rotatable bonds is 7. The van der Waals surface area contributed by atoms with Crippen LogP contribution in [0.15, 0.2) is 57.3 Å². The fourth-order valence-corrected chi connectivity index (χ4v) is 6.60. The molecular formula is C27H34F2N6O3S. The number of β-amino-alcohol motifs (C(OH)–C–C–N with tert-alkyl or cyclic N) is 1. The van der Waals surface area contributed by atoms with Crippen molar-refractivity contribution < 1.29 is 22.3 Å². The van der Waals surface area contributed by atoms with Crippen LogP contribution in [0.3, 0.4) is 0 Å². The maximum absolute atomic E-state index is 13.5. The van der Waals surface area contributed by atoms with Gasteiger partial charge in [-0.05, 0) is 74.2 Å². The minimum Gasteiger partial charge on any atom is -0.388 e. The van der Waals surface area contributed by atoms with Crippen molar-refractivity contribution in [2.45, 2.75) is 49.3 Å². The van der Waals surface area contributed by atoms with Crippen molar-refractivity contribution >= 4 is 33.6 Å². The van der Waals surface area contributed by atoms with E-state index in [9.17, 15) is 22.3 Å². The number of amidine groups is 1. The summed E-state index contributed by atoms with van der Waals surface area (Å²) in [5, 5.41) is 12.7. The van der Waals surface area contributed by atoms with Gasteiger partial charge in [0.05, 0.1) is 21.9 Å². The lowest BCUT2D eigenvalue weighted by Crippen LogP contribution is -2.51. The van der Waals surface area contributed by atoms with Gasteiger partial charge in [0.15, 0.2) is 0 Å². The van der Waals surface area contributed by atoms with Gasteiger partial charge in [-0.25, -0.2) is 27.2 Å². The summed E-state index contributed by atoms with van der Waals surface area (Å²) in [5.74, 6) is 0.371. The van der Waals surface area contributed by atoms with Crippen LogP contribution in [0.1, 0.15) is 31.2 Å². The zero-order chi connectivity index (χ0) is 27.6. The molecule has 12 heteroatoms. The van der Waals surface area contributed by atoms with E-state index in [4.69, 9.17) is 0 Å². The molecule has 2 aromatic carbocycles. The van der Waals surface area contributed by atoms with E-state index >= 15 is 0 Å². The number of hydrogen-bond acceptors (Lipinski definition) is 7. The van der Waals surface area contributed by atoms with Crippen LogP contribution in [0.25, 0.3) is 0 Å². The second kappa shape index (κ2) is 11.3. The van der Waals surface area contributed by atoms with Crippen molar-refractivity contribution in [3.63, 3.8) is 0 Å². The van der Waals surface area contributed by atoms with Crippen LogP contribution in [0.2, 0.25) is 0 Å². The summed E-state index contributed by atoms with van der Waals surface area (Å²) in [7, 11) is -3.70. The molecule has 0 aromatic heterocycles. The zero-order valence-electron chi connectivity index (χ0n) is 21.9. The van der Waals surface area contributed by atoms with Crippen LogP contribution in [-0.2, 0) is 10.0 Å². The van der Waals surface area contributed by atoms with Gasteiger partial charge in [-0.3, -0.25) is 15.3 Å². The van der Waals surface area contributed by atoms with E-state index in [0.29, 0.717) is 74.6 Å². The number of aliphatic imine (C=N–C) groups is 2. The fourth-order valence-electron chi connectivity index (χ4n) is 5.16. The summed E-state index contributed by atoms with van der Waals surface area (Å²) in [6.07, 6.45) is 2.48. The van der Waals surface area contributed by atoms with Crippen LogP contribution in [0.5, 0.6) is 0 Å². The van der Waals surface area contributed by atoms with Crippen molar-refractivity contribution in [2.75, 3.05) is 44.7 Å². The standard InChI is InChI=1S/C27H34F2N6O3S/c1-20-16-23(4-7-25(20)29)31-26-9-13-34(19-30-26)32-22-2-5-24(6-3-22)39(37,38)35-14-10-27(36,11-15-35)18-33-12-8-21(28)17-33/h2-7,16,19,21,32,36H,8-15,17-18H2,1H3/t21-/m0/s1. The molecule has 9 nitrogen and oxygen atoms in total. The molecule has 3 aliphatic rings. The van der Waals surface area contributed by atoms with Gasteiger partial charge in [0.2, 0.25) is 10.0 Å². The zero-order valence-corrected chi connectivity index (χ0v) is 22.7. The number of benzene rings is 2. The molecule has 2 N–H and O–H groups in total. The van der Waals surface area contributed by atoms with E-state index in [1.54, 1.807) is 54.7 Å². The van der Waals surface area contributed by atoms with E-state index in [-0.39, 0.29) is 23.8 Å². The number of halogens is 2. The number of alkyl halides is 1. The number of piperidine rings is 1. The second-order valence-corrected chi connectivity index (χ2v) is 12.5. The van der Waals surface area contributed by atoms with Gasteiger partial charge in [0.25, 0.3) is 0 Å². The largest absolute Gasteiger partial charge is 0.388 e. The Labute approximate surface area is 227 Å². The molecule has 0 aliphatic carbocycles. The summed E-state index contributed by atoms with van der Waals surface area (Å²) in [6.45, 7) is 4.06. The summed E-state index contributed by atoms with van der Waals surface area (Å²) >= 11 is 0. The normalized spacial score (nSPS) is 23.4. The number of hydrogen-bond donors (Lipinski definition) is 2. The predicted octanol–water partition coefficient (Wildman–Crippen LogP) is 3.48. The Morgan fingerprint density at radius 3 is 2.49 bits per heavy atom. The number of aliphatic hydroxyl groups is 1. The summed E-state index contributed by atoms with van der Waals surface area (Å²) < 4.78 is 54.8. The second-order valence-electron chi connectivity index (χ2n) is 10.5. The Hall–Kier alpha value is -2.93. The average Bonchev–Trinajstić information content (AvgIpc) is 3.31. The Kier molecular flexibility index (Phi) is 7.99. The van der Waals surface area contributed by atoms with Gasteiger partial charge in [-0.15, -0.1) is 0 Å². The molecule has 0 spiro atoms. The van der Waals surface area contributed by atoms with Crippen LogP contribution in [-0.4, -0.2) is 91.0 Å².